The van der Waals surface area contributed by atoms with Crippen LogP contribution in [0.2, 0.25) is 5.02 Å². The second kappa shape index (κ2) is 3.77. The van der Waals surface area contributed by atoms with Gasteiger partial charge in [-0.2, -0.15) is 0 Å². The Kier molecular flexibility index (Phi) is 3.05. The van der Waals surface area contributed by atoms with Crippen LogP contribution in [0.5, 0.6) is 5.75 Å². The van der Waals surface area contributed by atoms with Gasteiger partial charge in [0, 0.05) is 6.07 Å². The van der Waals surface area contributed by atoms with Crippen LogP contribution in [0.4, 0.5) is 4.39 Å². The lowest BCUT2D eigenvalue weighted by Gasteiger charge is -2.21. The molecule has 0 radical (unpaired) electrons. The van der Waals surface area contributed by atoms with Crippen molar-refractivity contribution in [3.05, 3.63) is 28.5 Å². The number of benzene rings is 1. The number of hydrogen-bond donors (Lipinski definition) is 0. The third kappa shape index (κ3) is 2.18. The average Bonchev–Trinajstić information content (AvgIpc) is 2.07. The van der Waals surface area contributed by atoms with Crippen LogP contribution in [0.3, 0.4) is 0 Å². The van der Waals surface area contributed by atoms with E-state index in [1.165, 1.54) is 13.2 Å². The molecule has 0 aromatic heterocycles. The zero-order chi connectivity index (χ0) is 10.9. The molecule has 0 amide bonds. The molecule has 0 heterocycles. The van der Waals surface area contributed by atoms with Crippen molar-refractivity contribution >= 4 is 11.6 Å². The maximum absolute atomic E-state index is 13.6. The van der Waals surface area contributed by atoms with Crippen molar-refractivity contribution < 1.29 is 9.13 Å². The van der Waals surface area contributed by atoms with Crippen LogP contribution in [0, 0.1) is 5.82 Å². The fourth-order valence-corrected chi connectivity index (χ4v) is 1.44. The van der Waals surface area contributed by atoms with Crippen molar-refractivity contribution in [3.63, 3.8) is 0 Å². The van der Waals surface area contributed by atoms with Crippen molar-refractivity contribution in [1.82, 2.24) is 0 Å². The fourth-order valence-electron chi connectivity index (χ4n) is 1.23. The van der Waals surface area contributed by atoms with Gasteiger partial charge >= 0.3 is 0 Å². The van der Waals surface area contributed by atoms with E-state index < -0.39 is 0 Å². The summed E-state index contributed by atoms with van der Waals surface area (Å²) in [7, 11) is 1.54. The normalized spacial score (nSPS) is 11.6. The number of methoxy groups -OCH3 is 1. The van der Waals surface area contributed by atoms with E-state index in [0.29, 0.717) is 11.3 Å². The van der Waals surface area contributed by atoms with Crippen molar-refractivity contribution in [1.29, 1.82) is 0 Å². The highest BCUT2D eigenvalue weighted by Crippen LogP contribution is 2.32. The van der Waals surface area contributed by atoms with E-state index in [1.807, 2.05) is 20.8 Å². The van der Waals surface area contributed by atoms with E-state index in [2.05, 4.69) is 0 Å². The first-order chi connectivity index (χ1) is 6.36. The Balaban J connectivity index is 3.35. The van der Waals surface area contributed by atoms with Crippen LogP contribution in [0.25, 0.3) is 0 Å². The molecule has 14 heavy (non-hydrogen) atoms. The Morgan fingerprint density at radius 3 is 2.29 bits per heavy atom. The minimum absolute atomic E-state index is 0.106. The summed E-state index contributed by atoms with van der Waals surface area (Å²) in [6, 6.07) is 3.16. The summed E-state index contributed by atoms with van der Waals surface area (Å²) in [6.45, 7) is 5.80. The Bertz CT molecular complexity index is 342. The zero-order valence-corrected chi connectivity index (χ0v) is 9.57. The van der Waals surface area contributed by atoms with E-state index in [-0.39, 0.29) is 16.3 Å². The highest BCUT2D eigenvalue weighted by Gasteiger charge is 2.21. The minimum Gasteiger partial charge on any atom is -0.497 e. The topological polar surface area (TPSA) is 9.23 Å². The second-order valence-corrected chi connectivity index (χ2v) is 4.63. The highest BCUT2D eigenvalue weighted by molar-refractivity contribution is 6.31. The van der Waals surface area contributed by atoms with E-state index in [4.69, 9.17) is 16.3 Å². The molecular formula is C11H14ClFO. The molecule has 3 heteroatoms. The monoisotopic (exact) mass is 216 g/mol. The van der Waals surface area contributed by atoms with Gasteiger partial charge in [0.15, 0.2) is 0 Å². The summed E-state index contributed by atoms with van der Waals surface area (Å²) in [6.07, 6.45) is 0. The molecule has 0 atom stereocenters. The second-order valence-electron chi connectivity index (χ2n) is 4.22. The SMILES string of the molecule is COc1cc(Cl)c(F)c(C(C)(C)C)c1. The molecule has 0 unspecified atom stereocenters. The van der Waals surface area contributed by atoms with Crippen LogP contribution in [-0.2, 0) is 5.41 Å². The number of halogens is 2. The summed E-state index contributed by atoms with van der Waals surface area (Å²) < 4.78 is 18.7. The van der Waals surface area contributed by atoms with E-state index in [1.54, 1.807) is 6.07 Å². The number of rotatable bonds is 1. The molecule has 0 N–H and O–H groups in total. The van der Waals surface area contributed by atoms with Crippen LogP contribution in [0.15, 0.2) is 12.1 Å². The van der Waals surface area contributed by atoms with Gasteiger partial charge in [0.2, 0.25) is 0 Å². The fraction of sp³-hybridized carbons (Fsp3) is 0.455. The van der Waals surface area contributed by atoms with Gasteiger partial charge in [-0.15, -0.1) is 0 Å². The molecule has 0 aliphatic rings. The third-order valence-corrected chi connectivity index (χ3v) is 2.32. The largest absolute Gasteiger partial charge is 0.497 e. The number of hydrogen-bond acceptors (Lipinski definition) is 1. The molecule has 0 spiro atoms. The van der Waals surface area contributed by atoms with E-state index in [9.17, 15) is 4.39 Å². The van der Waals surface area contributed by atoms with E-state index >= 15 is 0 Å². The molecule has 0 saturated carbocycles. The van der Waals surface area contributed by atoms with Gasteiger partial charge in [-0.25, -0.2) is 4.39 Å². The van der Waals surface area contributed by atoms with E-state index in [0.717, 1.165) is 0 Å². The standard InChI is InChI=1S/C11H14ClFO/c1-11(2,3)8-5-7(14-4)6-9(12)10(8)13/h5-6H,1-4H3. The summed E-state index contributed by atoms with van der Waals surface area (Å²) >= 11 is 5.75. The quantitative estimate of drug-likeness (QED) is 0.694. The van der Waals surface area contributed by atoms with Crippen molar-refractivity contribution in [3.8, 4) is 5.75 Å². The molecule has 1 nitrogen and oxygen atoms in total. The minimum atomic E-state index is -0.361. The van der Waals surface area contributed by atoms with Gasteiger partial charge < -0.3 is 4.74 Å². The van der Waals surface area contributed by atoms with Gasteiger partial charge in [0.05, 0.1) is 12.1 Å². The lowest BCUT2D eigenvalue weighted by Crippen LogP contribution is -2.14. The Labute approximate surface area is 88.8 Å². The lowest BCUT2D eigenvalue weighted by atomic mass is 9.86. The Hall–Kier alpha value is -0.760. The molecular weight excluding hydrogens is 203 g/mol. The van der Waals surface area contributed by atoms with Crippen molar-refractivity contribution in [2.24, 2.45) is 0 Å². The molecule has 0 fully saturated rings. The molecule has 1 aromatic carbocycles. The van der Waals surface area contributed by atoms with Gasteiger partial charge in [-0.1, -0.05) is 32.4 Å². The van der Waals surface area contributed by atoms with Crippen LogP contribution in [-0.4, -0.2) is 7.11 Å². The smallest absolute Gasteiger partial charge is 0.145 e. The summed E-state index contributed by atoms with van der Waals surface area (Å²) in [5.41, 5.74) is 0.296. The predicted octanol–water partition coefficient (Wildman–Crippen LogP) is 3.79. The Morgan fingerprint density at radius 2 is 1.86 bits per heavy atom. The maximum atomic E-state index is 13.6. The van der Waals surface area contributed by atoms with Gasteiger partial charge in [0.1, 0.15) is 11.6 Å². The highest BCUT2D eigenvalue weighted by atomic mass is 35.5. The predicted molar refractivity (Wildman–Crippen MR) is 56.7 cm³/mol. The maximum Gasteiger partial charge on any atom is 0.145 e. The first kappa shape index (κ1) is 11.3. The molecule has 1 rings (SSSR count). The van der Waals surface area contributed by atoms with Gasteiger partial charge in [-0.3, -0.25) is 0 Å². The third-order valence-electron chi connectivity index (χ3n) is 2.05. The summed E-state index contributed by atoms with van der Waals surface area (Å²) in [5.74, 6) is 0.223. The van der Waals surface area contributed by atoms with Gasteiger partial charge in [-0.05, 0) is 17.0 Å². The van der Waals surface area contributed by atoms with Gasteiger partial charge in [0.25, 0.3) is 0 Å². The molecule has 0 saturated heterocycles. The molecule has 0 aliphatic heterocycles. The first-order valence-electron chi connectivity index (χ1n) is 4.40. The average molecular weight is 217 g/mol. The van der Waals surface area contributed by atoms with Crippen molar-refractivity contribution in [2.75, 3.05) is 7.11 Å². The molecule has 0 aliphatic carbocycles. The van der Waals surface area contributed by atoms with Crippen molar-refractivity contribution in [2.45, 2.75) is 26.2 Å². The van der Waals surface area contributed by atoms with Crippen LogP contribution >= 0.6 is 11.6 Å². The molecule has 0 bridgehead atoms. The summed E-state index contributed by atoms with van der Waals surface area (Å²) in [5, 5.41) is 0.106. The Morgan fingerprint density at radius 1 is 1.29 bits per heavy atom. The number of ether oxygens (including phenoxy) is 1. The van der Waals surface area contributed by atoms with Crippen LogP contribution in [0.1, 0.15) is 26.3 Å². The summed E-state index contributed by atoms with van der Waals surface area (Å²) in [4.78, 5) is 0. The lowest BCUT2D eigenvalue weighted by molar-refractivity contribution is 0.410. The first-order valence-corrected chi connectivity index (χ1v) is 4.77. The van der Waals surface area contributed by atoms with Crippen LogP contribution < -0.4 is 4.74 Å². The zero-order valence-electron chi connectivity index (χ0n) is 8.82. The molecule has 78 valence electrons. The molecule has 1 aromatic rings.